The predicted octanol–water partition coefficient (Wildman–Crippen LogP) is 3.95. The molecule has 1 saturated carbocycles. The highest BCUT2D eigenvalue weighted by Gasteiger charge is 2.45. The molecule has 0 atom stereocenters. The van der Waals surface area contributed by atoms with Gasteiger partial charge in [-0.3, -0.25) is 4.79 Å². The smallest absolute Gasteiger partial charge is 0.239 e. The van der Waals surface area contributed by atoms with E-state index >= 15 is 0 Å². The van der Waals surface area contributed by atoms with Gasteiger partial charge in [0.15, 0.2) is 0 Å². The van der Waals surface area contributed by atoms with Crippen LogP contribution in [0, 0.1) is 0 Å². The van der Waals surface area contributed by atoms with E-state index in [2.05, 4.69) is 29.3 Å². The number of amides is 1. The highest BCUT2D eigenvalue weighted by Crippen LogP contribution is 2.45. The van der Waals surface area contributed by atoms with Crippen LogP contribution in [0.25, 0.3) is 6.08 Å². The van der Waals surface area contributed by atoms with Crippen molar-refractivity contribution in [1.29, 1.82) is 0 Å². The van der Waals surface area contributed by atoms with Crippen LogP contribution in [0.15, 0.2) is 55.1 Å². The van der Waals surface area contributed by atoms with E-state index in [-0.39, 0.29) is 18.0 Å². The summed E-state index contributed by atoms with van der Waals surface area (Å²) in [7, 11) is 0. The zero-order chi connectivity index (χ0) is 17.7. The summed E-state index contributed by atoms with van der Waals surface area (Å²) in [5.41, 5.74) is 2.79. The van der Waals surface area contributed by atoms with Crippen LogP contribution in [0.3, 0.4) is 0 Å². The zero-order valence-corrected chi connectivity index (χ0v) is 14.5. The van der Waals surface area contributed by atoms with E-state index in [1.165, 1.54) is 5.56 Å². The van der Waals surface area contributed by atoms with Crippen molar-refractivity contribution in [3.63, 3.8) is 0 Å². The normalized spacial score (nSPS) is 14.4. The molecular weight excluding hydrogens is 312 g/mol. The average Bonchev–Trinajstić information content (AvgIpc) is 3.42. The summed E-state index contributed by atoms with van der Waals surface area (Å²) >= 11 is 0. The zero-order valence-electron chi connectivity index (χ0n) is 14.5. The lowest BCUT2D eigenvalue weighted by Crippen LogP contribution is -2.38. The molecule has 1 fully saturated rings. The molecule has 0 radical (unpaired) electrons. The second kappa shape index (κ2) is 7.43. The van der Waals surface area contributed by atoms with Crippen molar-refractivity contribution >= 4 is 17.7 Å². The highest BCUT2D eigenvalue weighted by atomic mass is 16.5. The molecule has 2 aromatic rings. The Bertz CT molecular complexity index is 752. The fourth-order valence-corrected chi connectivity index (χ4v) is 2.98. The first-order chi connectivity index (χ1) is 12.2. The molecule has 3 rings (SSSR count). The number of carbonyl (C=O) groups excluding carboxylic acids is 1. The molecule has 2 N–H and O–H groups in total. The van der Waals surface area contributed by atoms with Gasteiger partial charge in [0.25, 0.3) is 0 Å². The lowest BCUT2D eigenvalue weighted by atomic mass is 10.1. The Morgan fingerprint density at radius 1 is 1.24 bits per heavy atom. The van der Waals surface area contributed by atoms with Crippen molar-refractivity contribution in [3.05, 3.63) is 66.2 Å². The Kier molecular flexibility index (Phi) is 5.08. The van der Waals surface area contributed by atoms with Gasteiger partial charge in [0.05, 0.1) is 18.7 Å². The maximum Gasteiger partial charge on any atom is 0.239 e. The summed E-state index contributed by atoms with van der Waals surface area (Å²) in [6, 6.07) is 15.9. The van der Waals surface area contributed by atoms with E-state index in [1.54, 1.807) is 6.08 Å². The fourth-order valence-electron chi connectivity index (χ4n) is 2.98. The van der Waals surface area contributed by atoms with Gasteiger partial charge in [-0.1, -0.05) is 43.0 Å². The molecule has 1 aliphatic rings. The number of rotatable bonds is 8. The molecule has 4 heteroatoms. The number of nitrogens with one attached hydrogen (secondary N) is 2. The molecule has 0 bridgehead atoms. The van der Waals surface area contributed by atoms with Crippen LogP contribution < -0.4 is 15.4 Å². The number of anilines is 1. The lowest BCUT2D eigenvalue weighted by Gasteiger charge is -2.19. The van der Waals surface area contributed by atoms with Crippen molar-refractivity contribution in [1.82, 2.24) is 5.32 Å². The summed E-state index contributed by atoms with van der Waals surface area (Å²) in [6.45, 7) is 6.63. The van der Waals surface area contributed by atoms with Gasteiger partial charge >= 0.3 is 0 Å². The maximum atomic E-state index is 12.4. The Labute approximate surface area is 148 Å². The molecule has 0 aliphatic heterocycles. The molecule has 1 amide bonds. The summed E-state index contributed by atoms with van der Waals surface area (Å²) in [5, 5.41) is 6.37. The van der Waals surface area contributed by atoms with E-state index in [1.807, 2.05) is 43.3 Å². The number of hydrogen-bond acceptors (Lipinski definition) is 3. The average molecular weight is 336 g/mol. The highest BCUT2D eigenvalue weighted by molar-refractivity contribution is 5.83. The molecule has 130 valence electrons. The molecule has 2 aromatic carbocycles. The van der Waals surface area contributed by atoms with Crippen LogP contribution in [-0.2, 0) is 10.3 Å². The second-order valence-electron chi connectivity index (χ2n) is 6.24. The molecule has 0 aromatic heterocycles. The molecular formula is C21H24N2O2. The molecule has 0 saturated heterocycles. The standard InChI is InChI=1S/C21H24N2O2/c1-3-16-14-18(25-4-2)10-11-19(16)22-15-20(24)23-21(12-13-21)17-8-6-5-7-9-17/h3,5-11,14,22H,1,4,12-13,15H2,2H3,(H,23,24). The molecule has 4 nitrogen and oxygen atoms in total. The van der Waals surface area contributed by atoms with Gasteiger partial charge in [0.1, 0.15) is 5.75 Å². The Morgan fingerprint density at radius 3 is 2.64 bits per heavy atom. The first kappa shape index (κ1) is 17.1. The van der Waals surface area contributed by atoms with E-state index in [0.717, 1.165) is 29.8 Å². The molecule has 0 heterocycles. The summed E-state index contributed by atoms with van der Waals surface area (Å²) in [6.07, 6.45) is 3.74. The monoisotopic (exact) mass is 336 g/mol. The van der Waals surface area contributed by atoms with E-state index in [4.69, 9.17) is 4.74 Å². The van der Waals surface area contributed by atoms with Crippen molar-refractivity contribution in [2.24, 2.45) is 0 Å². The number of hydrogen-bond donors (Lipinski definition) is 2. The topological polar surface area (TPSA) is 50.4 Å². The van der Waals surface area contributed by atoms with Gasteiger partial charge in [-0.2, -0.15) is 0 Å². The van der Waals surface area contributed by atoms with Crippen molar-refractivity contribution in [2.45, 2.75) is 25.3 Å². The third-order valence-corrected chi connectivity index (χ3v) is 4.45. The number of carbonyl (C=O) groups is 1. The molecule has 0 spiro atoms. The van der Waals surface area contributed by atoms with Crippen LogP contribution in [0.2, 0.25) is 0 Å². The largest absolute Gasteiger partial charge is 0.494 e. The predicted molar refractivity (Wildman–Crippen MR) is 102 cm³/mol. The van der Waals surface area contributed by atoms with Crippen LogP contribution in [0.5, 0.6) is 5.75 Å². The second-order valence-corrected chi connectivity index (χ2v) is 6.24. The summed E-state index contributed by atoms with van der Waals surface area (Å²) in [4.78, 5) is 12.4. The van der Waals surface area contributed by atoms with Gasteiger partial charge < -0.3 is 15.4 Å². The van der Waals surface area contributed by atoms with Crippen LogP contribution in [-0.4, -0.2) is 19.1 Å². The van der Waals surface area contributed by atoms with Crippen molar-refractivity contribution in [2.75, 3.05) is 18.5 Å². The summed E-state index contributed by atoms with van der Waals surface area (Å²) < 4.78 is 5.50. The van der Waals surface area contributed by atoms with Gasteiger partial charge in [0.2, 0.25) is 5.91 Å². The SMILES string of the molecule is C=Cc1cc(OCC)ccc1NCC(=O)NC1(c2ccccc2)CC1. The number of benzene rings is 2. The molecule has 25 heavy (non-hydrogen) atoms. The Morgan fingerprint density at radius 2 is 2.00 bits per heavy atom. The molecule has 0 unspecified atom stereocenters. The Balaban J connectivity index is 1.60. The van der Waals surface area contributed by atoms with Crippen molar-refractivity contribution < 1.29 is 9.53 Å². The van der Waals surface area contributed by atoms with Crippen molar-refractivity contribution in [3.8, 4) is 5.75 Å². The quantitative estimate of drug-likeness (QED) is 0.767. The first-order valence-corrected chi connectivity index (χ1v) is 8.66. The fraction of sp³-hybridized carbons (Fsp3) is 0.286. The van der Waals surface area contributed by atoms with Crippen LogP contribution in [0.4, 0.5) is 5.69 Å². The third kappa shape index (κ3) is 4.02. The first-order valence-electron chi connectivity index (χ1n) is 8.66. The third-order valence-electron chi connectivity index (χ3n) is 4.45. The lowest BCUT2D eigenvalue weighted by molar-refractivity contribution is -0.120. The summed E-state index contributed by atoms with van der Waals surface area (Å²) in [5.74, 6) is 0.790. The Hall–Kier alpha value is -2.75. The molecule has 1 aliphatic carbocycles. The van der Waals surface area contributed by atoms with Gasteiger partial charge in [-0.05, 0) is 43.5 Å². The van der Waals surface area contributed by atoms with Gasteiger partial charge in [0, 0.05) is 11.3 Å². The van der Waals surface area contributed by atoms with Gasteiger partial charge in [-0.25, -0.2) is 0 Å². The van der Waals surface area contributed by atoms with Crippen LogP contribution >= 0.6 is 0 Å². The van der Waals surface area contributed by atoms with Gasteiger partial charge in [-0.15, -0.1) is 0 Å². The van der Waals surface area contributed by atoms with E-state index < -0.39 is 0 Å². The minimum atomic E-state index is -0.180. The van der Waals surface area contributed by atoms with Crippen LogP contribution in [0.1, 0.15) is 30.9 Å². The van der Waals surface area contributed by atoms with E-state index in [9.17, 15) is 4.79 Å². The minimum Gasteiger partial charge on any atom is -0.494 e. The number of ether oxygens (including phenoxy) is 1. The van der Waals surface area contributed by atoms with E-state index in [0.29, 0.717) is 6.61 Å². The maximum absolute atomic E-state index is 12.4. The minimum absolute atomic E-state index is 0.00903.